The summed E-state index contributed by atoms with van der Waals surface area (Å²) in [5.74, 6) is 0. The number of aromatic nitrogens is 3. The highest BCUT2D eigenvalue weighted by Crippen LogP contribution is 2.22. The lowest BCUT2D eigenvalue weighted by Crippen LogP contribution is -1.98. The molecule has 20 heavy (non-hydrogen) atoms. The van der Waals surface area contributed by atoms with Gasteiger partial charge in [0, 0.05) is 17.6 Å². The number of nitrogens with zero attached hydrogens (tertiary/aromatic N) is 2. The van der Waals surface area contributed by atoms with Gasteiger partial charge in [-0.05, 0) is 31.0 Å². The van der Waals surface area contributed by atoms with Crippen LogP contribution < -0.4 is 5.32 Å². The summed E-state index contributed by atoms with van der Waals surface area (Å²) in [6, 6.07) is 10.4. The van der Waals surface area contributed by atoms with Gasteiger partial charge in [-0.3, -0.25) is 5.10 Å². The smallest absolute Gasteiger partial charge is 0.183 e. The van der Waals surface area contributed by atoms with Crippen molar-refractivity contribution in [3.63, 3.8) is 0 Å². The van der Waals surface area contributed by atoms with Crippen molar-refractivity contribution < 1.29 is 0 Å². The average molecular weight is 284 g/mol. The van der Waals surface area contributed by atoms with Gasteiger partial charge >= 0.3 is 0 Å². The summed E-state index contributed by atoms with van der Waals surface area (Å²) in [7, 11) is 0. The number of thiazole rings is 1. The minimum absolute atomic E-state index is 0.787. The third kappa shape index (κ3) is 2.72. The fourth-order valence-electron chi connectivity index (χ4n) is 1.94. The standard InChI is InChI=1S/C15H16N4S/c1-10-11(2)20-15(18-10)16-9-12-3-5-13(6-4-12)14-7-8-17-19-14/h3-8H,9H2,1-2H3,(H,16,18)(H,17,19). The van der Waals surface area contributed by atoms with E-state index in [0.717, 1.165) is 28.6 Å². The molecule has 4 nitrogen and oxygen atoms in total. The Balaban J connectivity index is 1.66. The Bertz CT molecular complexity index is 664. The van der Waals surface area contributed by atoms with Crippen molar-refractivity contribution in [1.82, 2.24) is 15.2 Å². The van der Waals surface area contributed by atoms with Gasteiger partial charge in [0.2, 0.25) is 0 Å². The number of nitrogens with one attached hydrogen (secondary N) is 2. The van der Waals surface area contributed by atoms with Crippen molar-refractivity contribution in [1.29, 1.82) is 0 Å². The van der Waals surface area contributed by atoms with Crippen molar-refractivity contribution in [3.8, 4) is 11.3 Å². The zero-order valence-corrected chi connectivity index (χ0v) is 12.3. The Morgan fingerprint density at radius 1 is 1.15 bits per heavy atom. The third-order valence-electron chi connectivity index (χ3n) is 3.24. The van der Waals surface area contributed by atoms with Crippen molar-refractivity contribution in [2.45, 2.75) is 20.4 Å². The van der Waals surface area contributed by atoms with Crippen LogP contribution in [0.15, 0.2) is 36.5 Å². The third-order valence-corrected chi connectivity index (χ3v) is 4.27. The molecule has 102 valence electrons. The highest BCUT2D eigenvalue weighted by atomic mass is 32.1. The van der Waals surface area contributed by atoms with E-state index in [0.29, 0.717) is 0 Å². The zero-order valence-electron chi connectivity index (χ0n) is 11.5. The maximum absolute atomic E-state index is 4.48. The summed E-state index contributed by atoms with van der Waals surface area (Å²) >= 11 is 1.70. The second-order valence-electron chi connectivity index (χ2n) is 4.68. The predicted octanol–water partition coefficient (Wildman–Crippen LogP) is 3.76. The molecular formula is C15H16N4S. The lowest BCUT2D eigenvalue weighted by atomic mass is 10.1. The highest BCUT2D eigenvalue weighted by Gasteiger charge is 2.03. The molecule has 0 atom stereocenters. The van der Waals surface area contributed by atoms with Gasteiger partial charge in [-0.25, -0.2) is 4.98 Å². The molecule has 0 saturated heterocycles. The molecule has 0 spiro atoms. The van der Waals surface area contributed by atoms with E-state index in [4.69, 9.17) is 0 Å². The fourth-order valence-corrected chi connectivity index (χ4v) is 2.76. The van der Waals surface area contributed by atoms with Gasteiger partial charge < -0.3 is 5.32 Å². The topological polar surface area (TPSA) is 53.6 Å². The normalized spacial score (nSPS) is 10.7. The summed E-state index contributed by atoms with van der Waals surface area (Å²) in [6.45, 7) is 4.92. The van der Waals surface area contributed by atoms with Gasteiger partial charge in [-0.1, -0.05) is 24.3 Å². The maximum atomic E-state index is 4.48. The molecule has 2 N–H and O–H groups in total. The fraction of sp³-hybridized carbons (Fsp3) is 0.200. The lowest BCUT2D eigenvalue weighted by molar-refractivity contribution is 1.09. The van der Waals surface area contributed by atoms with Crippen LogP contribution in [0.25, 0.3) is 11.3 Å². The summed E-state index contributed by atoms with van der Waals surface area (Å²) in [5, 5.41) is 11.3. The first-order valence-electron chi connectivity index (χ1n) is 6.49. The van der Waals surface area contributed by atoms with Crippen molar-refractivity contribution in [2.24, 2.45) is 0 Å². The number of aromatic amines is 1. The molecule has 0 unspecified atom stereocenters. The molecule has 0 saturated carbocycles. The molecule has 0 fully saturated rings. The summed E-state index contributed by atoms with van der Waals surface area (Å²) < 4.78 is 0. The molecule has 0 aliphatic rings. The molecule has 2 aromatic heterocycles. The van der Waals surface area contributed by atoms with Crippen LogP contribution in [-0.2, 0) is 6.54 Å². The molecule has 5 heteroatoms. The second kappa shape index (κ2) is 5.46. The van der Waals surface area contributed by atoms with E-state index in [2.05, 4.69) is 51.7 Å². The molecule has 2 heterocycles. The van der Waals surface area contributed by atoms with Crippen LogP contribution >= 0.6 is 11.3 Å². The number of H-pyrrole nitrogens is 1. The number of anilines is 1. The van der Waals surface area contributed by atoms with Gasteiger partial charge in [-0.15, -0.1) is 11.3 Å². The number of hydrogen-bond acceptors (Lipinski definition) is 4. The minimum Gasteiger partial charge on any atom is -0.357 e. The van der Waals surface area contributed by atoms with Gasteiger partial charge in [0.15, 0.2) is 5.13 Å². The van der Waals surface area contributed by atoms with Gasteiger partial charge in [0.05, 0.1) is 11.4 Å². The van der Waals surface area contributed by atoms with Crippen LogP contribution in [-0.4, -0.2) is 15.2 Å². The summed E-state index contributed by atoms with van der Waals surface area (Å²) in [6.07, 6.45) is 1.76. The van der Waals surface area contributed by atoms with E-state index in [1.165, 1.54) is 10.4 Å². The number of hydrogen-bond donors (Lipinski definition) is 2. The molecule has 0 aliphatic carbocycles. The molecule has 0 radical (unpaired) electrons. The molecule has 0 amide bonds. The van der Waals surface area contributed by atoms with Crippen molar-refractivity contribution in [2.75, 3.05) is 5.32 Å². The van der Waals surface area contributed by atoms with E-state index in [9.17, 15) is 0 Å². The average Bonchev–Trinajstić information content (AvgIpc) is 3.08. The summed E-state index contributed by atoms with van der Waals surface area (Å²) in [5.41, 5.74) is 4.52. The van der Waals surface area contributed by atoms with Crippen molar-refractivity contribution in [3.05, 3.63) is 52.7 Å². The Labute approximate surface area is 121 Å². The molecule has 3 rings (SSSR count). The molecule has 0 bridgehead atoms. The SMILES string of the molecule is Cc1nc(NCc2ccc(-c3ccn[nH]3)cc2)sc1C. The first-order chi connectivity index (χ1) is 9.72. The Morgan fingerprint density at radius 2 is 1.95 bits per heavy atom. The highest BCUT2D eigenvalue weighted by molar-refractivity contribution is 7.15. The number of rotatable bonds is 4. The van der Waals surface area contributed by atoms with E-state index < -0.39 is 0 Å². The van der Waals surface area contributed by atoms with E-state index in [1.54, 1.807) is 17.5 Å². The Morgan fingerprint density at radius 3 is 2.55 bits per heavy atom. The molecule has 1 aromatic carbocycles. The monoisotopic (exact) mass is 284 g/mol. The van der Waals surface area contributed by atoms with Crippen molar-refractivity contribution >= 4 is 16.5 Å². The number of aryl methyl sites for hydroxylation is 2. The van der Waals surface area contributed by atoms with Crippen LogP contribution in [0.1, 0.15) is 16.1 Å². The summed E-state index contributed by atoms with van der Waals surface area (Å²) in [4.78, 5) is 5.74. The Kier molecular flexibility index (Phi) is 3.52. The molecule has 0 aliphatic heterocycles. The van der Waals surface area contributed by atoms with Crippen LogP contribution in [0.4, 0.5) is 5.13 Å². The van der Waals surface area contributed by atoms with Gasteiger partial charge in [0.25, 0.3) is 0 Å². The molecule has 3 aromatic rings. The first-order valence-corrected chi connectivity index (χ1v) is 7.30. The number of benzene rings is 1. The van der Waals surface area contributed by atoms with E-state index >= 15 is 0 Å². The van der Waals surface area contributed by atoms with Gasteiger partial charge in [-0.2, -0.15) is 5.10 Å². The van der Waals surface area contributed by atoms with Crippen LogP contribution in [0.2, 0.25) is 0 Å². The maximum Gasteiger partial charge on any atom is 0.183 e. The van der Waals surface area contributed by atoms with E-state index in [-0.39, 0.29) is 0 Å². The second-order valence-corrected chi connectivity index (χ2v) is 5.88. The minimum atomic E-state index is 0.787. The van der Waals surface area contributed by atoms with E-state index in [1.807, 2.05) is 13.0 Å². The Hall–Kier alpha value is -2.14. The van der Waals surface area contributed by atoms with Crippen LogP contribution in [0, 0.1) is 13.8 Å². The molecular weight excluding hydrogens is 268 g/mol. The lowest BCUT2D eigenvalue weighted by Gasteiger charge is -2.04. The largest absolute Gasteiger partial charge is 0.357 e. The zero-order chi connectivity index (χ0) is 13.9. The van der Waals surface area contributed by atoms with Crippen LogP contribution in [0.5, 0.6) is 0 Å². The van der Waals surface area contributed by atoms with Gasteiger partial charge in [0.1, 0.15) is 0 Å². The first kappa shape index (κ1) is 12.9. The predicted molar refractivity (Wildman–Crippen MR) is 82.9 cm³/mol. The quantitative estimate of drug-likeness (QED) is 0.767. The van der Waals surface area contributed by atoms with Crippen LogP contribution in [0.3, 0.4) is 0 Å².